The van der Waals surface area contributed by atoms with Crippen molar-refractivity contribution in [3.05, 3.63) is 54.5 Å². The number of nitrogens with zero attached hydrogens (tertiary/aromatic N) is 4. The minimum atomic E-state index is -4.55. The molecule has 248 valence electrons. The molecule has 3 N–H and O–H groups in total. The van der Waals surface area contributed by atoms with Gasteiger partial charge in [-0.05, 0) is 37.1 Å². The largest absolute Gasteiger partial charge is 0.464 e. The number of hydrogen-bond acceptors (Lipinski definition) is 13. The molecule has 2 aromatic heterocycles. The maximum atomic E-state index is 17.1. The van der Waals surface area contributed by atoms with E-state index in [2.05, 4.69) is 15.2 Å². The lowest BCUT2D eigenvalue weighted by atomic mass is 9.92. The van der Waals surface area contributed by atoms with Crippen LogP contribution in [0.3, 0.4) is 0 Å². The average Bonchev–Trinajstić information content (AvgIpc) is 3.75. The molecule has 46 heavy (non-hydrogen) atoms. The van der Waals surface area contributed by atoms with Gasteiger partial charge >= 0.3 is 13.7 Å². The van der Waals surface area contributed by atoms with E-state index in [1.807, 2.05) is 19.9 Å². The summed E-state index contributed by atoms with van der Waals surface area (Å²) in [5.74, 6) is -3.30. The third-order valence-electron chi connectivity index (χ3n) is 7.89. The zero-order chi connectivity index (χ0) is 33.1. The standard InChI is InChI=1S/C29H36FN6O9P/c1-5-19(6-2)14-40-26(37)18(3)35-46(38,44-20-10-8-7-9-11-20)41-16-29(30)24-23(42-27(39-4)43-24)28(15-31,45-29)22-13-12-21-25(32)33-17-34-36(21)22/h7-13,17-19,23-24,27H,5-6,14,16H2,1-4H3,(H,35,38)(H2,32,33,34)/t18-,23+,24-,27?,28-,29+,46?/m0/s1. The summed E-state index contributed by atoms with van der Waals surface area (Å²) in [7, 11) is -3.27. The molecular formula is C29H36FN6O9P. The Hall–Kier alpha value is -3.68. The molecule has 0 bridgehead atoms. The fourth-order valence-electron chi connectivity index (χ4n) is 5.26. The number of nitriles is 1. The number of anilines is 1. The number of nitrogens with two attached hydrogens (primary N) is 1. The third kappa shape index (κ3) is 6.45. The molecular weight excluding hydrogens is 626 g/mol. The second-order valence-electron chi connectivity index (χ2n) is 10.9. The molecule has 0 amide bonds. The Balaban J connectivity index is 1.43. The Morgan fingerprint density at radius 1 is 1.22 bits per heavy atom. The Labute approximate surface area is 264 Å². The number of carbonyl (C=O) groups excluding carboxylic acids is 1. The van der Waals surface area contributed by atoms with Gasteiger partial charge in [0.1, 0.15) is 42.4 Å². The summed E-state index contributed by atoms with van der Waals surface area (Å²) in [4.78, 5) is 16.8. The van der Waals surface area contributed by atoms with Gasteiger partial charge in [-0.25, -0.2) is 18.5 Å². The van der Waals surface area contributed by atoms with E-state index in [0.29, 0.717) is 5.52 Å². The highest BCUT2D eigenvalue weighted by Crippen LogP contribution is 2.54. The number of esters is 1. The number of ether oxygens (including phenoxy) is 5. The summed E-state index contributed by atoms with van der Waals surface area (Å²) >= 11 is 0. The number of rotatable bonds is 14. The molecule has 15 nitrogen and oxygen atoms in total. The average molecular weight is 663 g/mol. The quantitative estimate of drug-likeness (QED) is 0.188. The molecule has 17 heteroatoms. The van der Waals surface area contributed by atoms with Crippen molar-refractivity contribution in [2.45, 2.75) is 69.8 Å². The Morgan fingerprint density at radius 2 is 1.93 bits per heavy atom. The number of methoxy groups -OCH3 is 1. The van der Waals surface area contributed by atoms with E-state index < -0.39 is 56.5 Å². The van der Waals surface area contributed by atoms with E-state index in [-0.39, 0.29) is 29.8 Å². The molecule has 2 aliphatic rings. The van der Waals surface area contributed by atoms with Crippen molar-refractivity contribution in [2.75, 3.05) is 26.1 Å². The number of halogens is 1. The minimum absolute atomic E-state index is 0.0599. The van der Waals surface area contributed by atoms with Crippen LogP contribution in [0.25, 0.3) is 5.52 Å². The Kier molecular flexibility index (Phi) is 9.95. The summed E-state index contributed by atoms with van der Waals surface area (Å²) in [5, 5.41) is 17.2. The molecule has 2 aliphatic heterocycles. The molecule has 2 unspecified atom stereocenters. The number of carbonyl (C=O) groups is 1. The number of fused-ring (bicyclic) bond motifs is 2. The van der Waals surface area contributed by atoms with E-state index in [1.165, 1.54) is 49.1 Å². The molecule has 0 aliphatic carbocycles. The van der Waals surface area contributed by atoms with Crippen LogP contribution < -0.4 is 15.3 Å². The molecule has 2 fully saturated rings. The predicted octanol–water partition coefficient (Wildman–Crippen LogP) is 3.60. The van der Waals surface area contributed by atoms with E-state index in [4.69, 9.17) is 38.5 Å². The summed E-state index contributed by atoms with van der Waals surface area (Å²) in [6.07, 6.45) is -0.242. The summed E-state index contributed by atoms with van der Waals surface area (Å²) in [6.45, 7) is 3.09. The van der Waals surface area contributed by atoms with Gasteiger partial charge in [-0.3, -0.25) is 9.32 Å². The fraction of sp³-hybridized carbons (Fsp3) is 0.517. The number of alkyl halides is 1. The normalized spacial score (nSPS) is 27.6. The van der Waals surface area contributed by atoms with Crippen molar-refractivity contribution < 1.29 is 46.5 Å². The van der Waals surface area contributed by atoms with Crippen molar-refractivity contribution in [3.8, 4) is 11.8 Å². The van der Waals surface area contributed by atoms with Gasteiger partial charge < -0.3 is 33.9 Å². The minimum Gasteiger partial charge on any atom is -0.464 e. The lowest BCUT2D eigenvalue weighted by molar-refractivity contribution is -0.296. The predicted molar refractivity (Wildman–Crippen MR) is 158 cm³/mol. The topological polar surface area (TPSA) is 191 Å². The van der Waals surface area contributed by atoms with Crippen LogP contribution in [-0.2, 0) is 43.2 Å². The van der Waals surface area contributed by atoms with Gasteiger partial charge in [0.15, 0.2) is 11.9 Å². The van der Waals surface area contributed by atoms with Gasteiger partial charge in [0.2, 0.25) is 5.60 Å². The zero-order valence-electron chi connectivity index (χ0n) is 25.7. The number of benzene rings is 1. The summed E-state index contributed by atoms with van der Waals surface area (Å²) in [5.41, 5.74) is 4.19. The SMILES string of the molecule is CCC(CC)COC(=O)[C@H](C)NP(=O)(OC[C@@]1(F)O[C@@](C#N)(c2ccc3c(N)ncnn23)[C@@H]2OC(OC)O[C@@H]21)Oc1ccccc1. The van der Waals surface area contributed by atoms with E-state index in [9.17, 15) is 14.6 Å². The van der Waals surface area contributed by atoms with Crippen LogP contribution in [0.1, 0.15) is 39.3 Å². The second-order valence-corrected chi connectivity index (χ2v) is 12.6. The molecule has 0 radical (unpaired) electrons. The molecule has 2 saturated heterocycles. The summed E-state index contributed by atoms with van der Waals surface area (Å²) < 4.78 is 71.6. The van der Waals surface area contributed by atoms with Gasteiger partial charge in [-0.15, -0.1) is 0 Å². The smallest absolute Gasteiger partial charge is 0.459 e. The summed E-state index contributed by atoms with van der Waals surface area (Å²) in [6, 6.07) is 11.8. The van der Waals surface area contributed by atoms with Gasteiger partial charge in [0.25, 0.3) is 12.3 Å². The first-order valence-electron chi connectivity index (χ1n) is 14.7. The van der Waals surface area contributed by atoms with Gasteiger partial charge in [0.05, 0.1) is 12.3 Å². The van der Waals surface area contributed by atoms with Crippen molar-refractivity contribution >= 4 is 25.1 Å². The highest BCUT2D eigenvalue weighted by atomic mass is 31.2. The van der Waals surface area contributed by atoms with Crippen molar-refractivity contribution in [1.82, 2.24) is 19.7 Å². The van der Waals surface area contributed by atoms with Crippen LogP contribution in [0.5, 0.6) is 5.75 Å². The molecule has 4 heterocycles. The maximum absolute atomic E-state index is 17.1. The van der Waals surface area contributed by atoms with E-state index in [1.54, 1.807) is 18.2 Å². The van der Waals surface area contributed by atoms with Gasteiger partial charge in [0, 0.05) is 7.11 Å². The van der Waals surface area contributed by atoms with Crippen LogP contribution in [0.15, 0.2) is 48.8 Å². The highest BCUT2D eigenvalue weighted by molar-refractivity contribution is 7.52. The highest BCUT2D eigenvalue weighted by Gasteiger charge is 2.72. The van der Waals surface area contributed by atoms with Crippen LogP contribution in [0.4, 0.5) is 10.2 Å². The first-order valence-corrected chi connectivity index (χ1v) is 16.2. The fourth-order valence-corrected chi connectivity index (χ4v) is 6.76. The van der Waals surface area contributed by atoms with Gasteiger partial charge in [-0.1, -0.05) is 44.9 Å². The van der Waals surface area contributed by atoms with Crippen LogP contribution >= 0.6 is 7.75 Å². The van der Waals surface area contributed by atoms with Crippen molar-refractivity contribution in [1.29, 1.82) is 5.26 Å². The zero-order valence-corrected chi connectivity index (χ0v) is 26.6. The maximum Gasteiger partial charge on any atom is 0.459 e. The lowest BCUT2D eigenvalue weighted by Gasteiger charge is -2.30. The number of para-hydroxylation sites is 1. The Bertz CT molecular complexity index is 1620. The molecule has 7 atom stereocenters. The molecule has 0 spiro atoms. The molecule has 3 aromatic rings. The third-order valence-corrected chi connectivity index (χ3v) is 9.51. The first-order chi connectivity index (χ1) is 22.0. The molecule has 0 saturated carbocycles. The monoisotopic (exact) mass is 662 g/mol. The van der Waals surface area contributed by atoms with Crippen LogP contribution in [0.2, 0.25) is 0 Å². The lowest BCUT2D eigenvalue weighted by Crippen LogP contribution is -2.43. The van der Waals surface area contributed by atoms with Crippen LogP contribution in [0, 0.1) is 17.2 Å². The number of nitrogens with one attached hydrogen (secondary N) is 1. The number of nitrogen functional groups attached to an aromatic ring is 1. The number of aromatic nitrogens is 3. The van der Waals surface area contributed by atoms with Gasteiger partial charge in [-0.2, -0.15) is 15.4 Å². The molecule has 5 rings (SSSR count). The first kappa shape index (κ1) is 33.7. The second kappa shape index (κ2) is 13.6. The van der Waals surface area contributed by atoms with Crippen molar-refractivity contribution in [2.24, 2.45) is 5.92 Å². The van der Waals surface area contributed by atoms with Crippen LogP contribution in [-0.4, -0.2) is 71.5 Å². The van der Waals surface area contributed by atoms with E-state index >= 15 is 4.39 Å². The van der Waals surface area contributed by atoms with Crippen molar-refractivity contribution in [3.63, 3.8) is 0 Å². The number of hydrogen-bond donors (Lipinski definition) is 2. The van der Waals surface area contributed by atoms with E-state index in [0.717, 1.165) is 12.8 Å². The Morgan fingerprint density at radius 3 is 2.61 bits per heavy atom. The molecule has 1 aromatic carbocycles.